The molecule has 14 heavy (non-hydrogen) atoms. The van der Waals surface area contributed by atoms with Crippen molar-refractivity contribution in [3.8, 4) is 0 Å². The van der Waals surface area contributed by atoms with E-state index in [0.717, 1.165) is 31.3 Å². The lowest BCUT2D eigenvalue weighted by molar-refractivity contribution is 0.717. The van der Waals surface area contributed by atoms with Crippen molar-refractivity contribution in [2.24, 2.45) is 0 Å². The molecule has 0 aromatic heterocycles. The Bertz CT molecular complexity index is 217. The molecule has 0 rings (SSSR count). The highest BCUT2D eigenvalue weighted by atomic mass is 14.0. The topological polar surface area (TPSA) is 0 Å². The van der Waals surface area contributed by atoms with Crippen LogP contribution < -0.4 is 0 Å². The van der Waals surface area contributed by atoms with Gasteiger partial charge in [-0.05, 0) is 25.7 Å². The first kappa shape index (κ1) is 10.0. The van der Waals surface area contributed by atoms with Crippen LogP contribution in [-0.2, 0) is 0 Å². The van der Waals surface area contributed by atoms with E-state index < -0.39 is 0 Å². The van der Waals surface area contributed by atoms with Gasteiger partial charge in [-0.25, -0.2) is 0 Å². The molecule has 0 unspecified atom stereocenters. The summed E-state index contributed by atoms with van der Waals surface area (Å²) in [6.45, 7) is 5.76. The molecule has 82 valence electrons. The smallest absolute Gasteiger partial charge is 0.0576 e. The molecule has 0 aliphatic carbocycles. The number of hydrogen-bond acceptors (Lipinski definition) is 0. The molecule has 0 aliphatic heterocycles. The summed E-state index contributed by atoms with van der Waals surface area (Å²) in [5.41, 5.74) is 1.01. The number of unbranched alkanes of at least 4 members (excludes halogenated alkanes) is 4. The maximum Gasteiger partial charge on any atom is 0.0576 e. The maximum atomic E-state index is 7.80. The molecule has 0 saturated carbocycles. The second-order valence-corrected chi connectivity index (χ2v) is 3.84. The zero-order chi connectivity index (χ0) is 12.2. The summed E-state index contributed by atoms with van der Waals surface area (Å²) in [6.07, 6.45) is 10.8. The van der Waals surface area contributed by atoms with Crippen molar-refractivity contribution in [3.05, 3.63) is 24.3 Å². The van der Waals surface area contributed by atoms with Crippen LogP contribution in [0.4, 0.5) is 0 Å². The van der Waals surface area contributed by atoms with E-state index in [9.17, 15) is 0 Å². The van der Waals surface area contributed by atoms with Crippen LogP contribution in [0.3, 0.4) is 0 Å². The average molecular weight is 196 g/mol. The van der Waals surface area contributed by atoms with E-state index in [2.05, 4.69) is 13.8 Å². The molecule has 0 N–H and O–H groups in total. The van der Waals surface area contributed by atoms with E-state index in [1.54, 1.807) is 0 Å². The number of allylic oxidation sites excluding steroid dienone is 3. The van der Waals surface area contributed by atoms with E-state index in [0.29, 0.717) is 6.05 Å². The van der Waals surface area contributed by atoms with Crippen molar-refractivity contribution in [3.63, 3.8) is 0 Å². The van der Waals surface area contributed by atoms with Gasteiger partial charge in [-0.1, -0.05) is 63.8 Å². The lowest BCUT2D eigenvalue weighted by atomic mass is 10.1. The van der Waals surface area contributed by atoms with Crippen LogP contribution in [0.15, 0.2) is 24.3 Å². The van der Waals surface area contributed by atoms with Crippen molar-refractivity contribution in [1.82, 2.24) is 0 Å². The number of rotatable bonds is 9. The Hall–Kier alpha value is -0.520. The average Bonchev–Trinajstić information content (AvgIpc) is 2.28. The van der Waals surface area contributed by atoms with Gasteiger partial charge in [0.2, 0.25) is 0 Å². The summed E-state index contributed by atoms with van der Waals surface area (Å²) in [6, 6.07) is 0.684. The highest BCUT2D eigenvalue weighted by Crippen LogP contribution is 2.09. The molecule has 0 heteroatoms. The lowest BCUT2D eigenvalue weighted by Gasteiger charge is -1.98. The molecular formula is C14H26. The molecule has 0 aromatic carbocycles. The fourth-order valence-electron chi connectivity index (χ4n) is 1.33. The molecule has 0 atom stereocenters. The van der Waals surface area contributed by atoms with Gasteiger partial charge >= 0.3 is 0 Å². The van der Waals surface area contributed by atoms with Gasteiger partial charge < -0.3 is 0 Å². The normalized spacial score (nSPS) is 15.3. The van der Waals surface area contributed by atoms with Crippen LogP contribution in [0, 0.1) is 0 Å². The fraction of sp³-hybridized carbons (Fsp3) is 0.714. The van der Waals surface area contributed by atoms with Gasteiger partial charge in [0.15, 0.2) is 0 Å². The molecule has 0 aromatic rings. The minimum absolute atomic E-state index is 0.684. The third-order valence-electron chi connectivity index (χ3n) is 2.28. The van der Waals surface area contributed by atoms with E-state index in [4.69, 9.17) is 2.74 Å². The summed E-state index contributed by atoms with van der Waals surface area (Å²) >= 11 is 0. The highest BCUT2D eigenvalue weighted by molar-refractivity contribution is 5.13. The molecule has 0 nitrogen and oxygen atoms in total. The SMILES string of the molecule is [2H]C=C(C=C([2H])CCCCC)CCCCC. The second-order valence-electron chi connectivity index (χ2n) is 3.84. The van der Waals surface area contributed by atoms with Gasteiger partial charge in [0.05, 0.1) is 2.74 Å². The zero-order valence-electron chi connectivity index (χ0n) is 11.8. The Morgan fingerprint density at radius 1 is 1.21 bits per heavy atom. The van der Waals surface area contributed by atoms with E-state index >= 15 is 0 Å². The van der Waals surface area contributed by atoms with Gasteiger partial charge in [0, 0.05) is 0 Å². The van der Waals surface area contributed by atoms with E-state index in [-0.39, 0.29) is 0 Å². The summed E-state index contributed by atoms with van der Waals surface area (Å²) in [5.74, 6) is 0. The van der Waals surface area contributed by atoms with Crippen molar-refractivity contribution >= 4 is 0 Å². The van der Waals surface area contributed by atoms with Crippen LogP contribution in [0.5, 0.6) is 0 Å². The Morgan fingerprint density at radius 2 is 1.93 bits per heavy atom. The summed E-state index contributed by atoms with van der Waals surface area (Å²) < 4.78 is 15.1. The van der Waals surface area contributed by atoms with Gasteiger partial charge in [-0.3, -0.25) is 0 Å². The molecular weight excluding hydrogens is 168 g/mol. The Balaban J connectivity index is 3.92. The lowest BCUT2D eigenvalue weighted by Crippen LogP contribution is -1.78. The molecule has 0 saturated heterocycles. The Kier molecular flexibility index (Phi) is 7.55. The van der Waals surface area contributed by atoms with Gasteiger partial charge in [0.1, 0.15) is 0 Å². The maximum absolute atomic E-state index is 7.80. The first-order chi connectivity index (χ1) is 7.74. The molecule has 0 amide bonds. The molecule has 0 bridgehead atoms. The van der Waals surface area contributed by atoms with Gasteiger partial charge in [0.25, 0.3) is 0 Å². The predicted octanol–water partition coefficient (Wildman–Crippen LogP) is 5.26. The number of hydrogen-bond donors (Lipinski definition) is 0. The van der Waals surface area contributed by atoms with Crippen LogP contribution >= 0.6 is 0 Å². The Morgan fingerprint density at radius 3 is 2.57 bits per heavy atom. The van der Waals surface area contributed by atoms with Crippen LogP contribution in [0.2, 0.25) is 0 Å². The largest absolute Gasteiger partial charge is 0.0958 e. The molecule has 0 heterocycles. The third-order valence-corrected chi connectivity index (χ3v) is 2.28. The fourth-order valence-corrected chi connectivity index (χ4v) is 1.33. The summed E-state index contributed by atoms with van der Waals surface area (Å²) in [7, 11) is 0. The third kappa shape index (κ3) is 9.57. The summed E-state index contributed by atoms with van der Waals surface area (Å²) in [5, 5.41) is 0. The van der Waals surface area contributed by atoms with Crippen LogP contribution in [-0.4, -0.2) is 0 Å². The van der Waals surface area contributed by atoms with Crippen molar-refractivity contribution in [2.75, 3.05) is 0 Å². The standard InChI is InChI=1S/C14H26/c1-4-6-8-9-11-13-14(3)12-10-7-5-2/h11,13H,3-10,12H2,1-2H3/i3D,11D. The zero-order valence-corrected chi connectivity index (χ0v) is 9.81. The summed E-state index contributed by atoms with van der Waals surface area (Å²) in [4.78, 5) is 0. The van der Waals surface area contributed by atoms with Gasteiger partial charge in [-0.15, -0.1) is 0 Å². The van der Waals surface area contributed by atoms with E-state index in [1.165, 1.54) is 32.2 Å². The first-order valence-electron chi connectivity index (χ1n) is 7.06. The van der Waals surface area contributed by atoms with Crippen LogP contribution in [0.1, 0.15) is 68.0 Å². The highest BCUT2D eigenvalue weighted by Gasteiger charge is 1.89. The molecule has 0 aliphatic rings. The Labute approximate surface area is 92.9 Å². The van der Waals surface area contributed by atoms with Crippen molar-refractivity contribution in [2.45, 2.75) is 65.2 Å². The quantitative estimate of drug-likeness (QED) is 0.348. The van der Waals surface area contributed by atoms with Crippen molar-refractivity contribution < 1.29 is 2.74 Å². The first-order valence-corrected chi connectivity index (χ1v) is 5.99. The van der Waals surface area contributed by atoms with Crippen molar-refractivity contribution in [1.29, 1.82) is 0 Å². The van der Waals surface area contributed by atoms with Crippen LogP contribution in [0.25, 0.3) is 0 Å². The van der Waals surface area contributed by atoms with Gasteiger partial charge in [-0.2, -0.15) is 0 Å². The molecule has 0 spiro atoms. The second kappa shape index (κ2) is 10.6. The predicted molar refractivity (Wildman–Crippen MR) is 66.6 cm³/mol. The van der Waals surface area contributed by atoms with E-state index in [1.807, 2.05) is 6.08 Å². The minimum atomic E-state index is 0.684. The molecule has 0 radical (unpaired) electrons. The minimum Gasteiger partial charge on any atom is -0.0958 e. The monoisotopic (exact) mass is 196 g/mol. The molecule has 0 fully saturated rings.